The minimum atomic E-state index is -0.283. The highest BCUT2D eigenvalue weighted by Gasteiger charge is 2.39. The molecule has 2 atom stereocenters. The van der Waals surface area contributed by atoms with Crippen molar-refractivity contribution in [2.45, 2.75) is 65.7 Å². The van der Waals surface area contributed by atoms with Crippen LogP contribution in [0.2, 0.25) is 0 Å². The topological polar surface area (TPSA) is 71.4 Å². The van der Waals surface area contributed by atoms with Gasteiger partial charge in [-0.05, 0) is 39.5 Å². The van der Waals surface area contributed by atoms with Crippen LogP contribution < -0.4 is 0 Å². The molecule has 0 aromatic heterocycles. The van der Waals surface area contributed by atoms with E-state index in [4.69, 9.17) is 24.4 Å². The predicted molar refractivity (Wildman–Crippen MR) is 101 cm³/mol. The highest BCUT2D eigenvalue weighted by Crippen LogP contribution is 2.38. The monoisotopic (exact) mass is 363 g/mol. The van der Waals surface area contributed by atoms with Crippen LogP contribution in [0.3, 0.4) is 0 Å². The van der Waals surface area contributed by atoms with Gasteiger partial charge in [0.15, 0.2) is 0 Å². The normalized spacial score (nSPS) is 15.6. The number of ether oxygens (including phenoxy) is 3. The van der Waals surface area contributed by atoms with Crippen molar-refractivity contribution < 1.29 is 24.4 Å². The zero-order chi connectivity index (χ0) is 19.5. The lowest BCUT2D eigenvalue weighted by atomic mass is 9.73. The van der Waals surface area contributed by atoms with E-state index in [0.29, 0.717) is 32.9 Å². The Balaban J connectivity index is 4.48. The standard InChI is InChI=1S/C19H41NO5/c1-16(20(8-10-21)9-11-22)15-24-17(2)14-18(3,4)19(5,6)25-13-12-23-7/h16-17,21-22H,8-15H2,1-7H3. The fraction of sp³-hybridized carbons (Fsp3) is 1.00. The molecule has 0 heterocycles. The highest BCUT2D eigenvalue weighted by atomic mass is 16.5. The van der Waals surface area contributed by atoms with E-state index in [-0.39, 0.29) is 36.4 Å². The summed E-state index contributed by atoms with van der Waals surface area (Å²) in [4.78, 5) is 2.04. The van der Waals surface area contributed by atoms with Crippen molar-refractivity contribution in [2.24, 2.45) is 5.41 Å². The SMILES string of the molecule is COCCOC(C)(C)C(C)(C)CC(C)OCC(C)N(CCO)CCO. The van der Waals surface area contributed by atoms with Crippen molar-refractivity contribution in [3.05, 3.63) is 0 Å². The Hall–Kier alpha value is -0.240. The van der Waals surface area contributed by atoms with Crippen LogP contribution in [-0.2, 0) is 14.2 Å². The average molecular weight is 364 g/mol. The zero-order valence-electron chi connectivity index (χ0n) is 17.4. The van der Waals surface area contributed by atoms with Gasteiger partial charge in [-0.1, -0.05) is 13.8 Å². The van der Waals surface area contributed by atoms with E-state index >= 15 is 0 Å². The minimum absolute atomic E-state index is 0.0563. The molecule has 0 aliphatic rings. The molecule has 0 bridgehead atoms. The molecule has 0 aliphatic heterocycles. The maximum absolute atomic E-state index is 9.13. The first-order valence-corrected chi connectivity index (χ1v) is 9.31. The van der Waals surface area contributed by atoms with Gasteiger partial charge in [0.25, 0.3) is 0 Å². The van der Waals surface area contributed by atoms with Crippen LogP contribution in [0.1, 0.15) is 48.0 Å². The molecular weight excluding hydrogens is 322 g/mol. The van der Waals surface area contributed by atoms with Crippen molar-refractivity contribution in [3.8, 4) is 0 Å². The molecule has 0 saturated carbocycles. The van der Waals surface area contributed by atoms with Gasteiger partial charge in [-0.3, -0.25) is 4.90 Å². The summed E-state index contributed by atoms with van der Waals surface area (Å²) in [7, 11) is 1.68. The van der Waals surface area contributed by atoms with E-state index in [2.05, 4.69) is 41.5 Å². The Kier molecular flexibility index (Phi) is 12.1. The number of nitrogens with zero attached hydrogens (tertiary/aromatic N) is 1. The van der Waals surface area contributed by atoms with Crippen molar-refractivity contribution >= 4 is 0 Å². The minimum Gasteiger partial charge on any atom is -0.395 e. The second-order valence-electron chi connectivity index (χ2n) is 7.92. The van der Waals surface area contributed by atoms with Gasteiger partial charge < -0.3 is 24.4 Å². The quantitative estimate of drug-likeness (QED) is 0.433. The van der Waals surface area contributed by atoms with Gasteiger partial charge in [0.2, 0.25) is 0 Å². The van der Waals surface area contributed by atoms with E-state index in [1.807, 2.05) is 4.90 Å². The molecule has 0 aromatic rings. The van der Waals surface area contributed by atoms with Gasteiger partial charge in [0.05, 0.1) is 44.7 Å². The van der Waals surface area contributed by atoms with E-state index in [0.717, 1.165) is 6.42 Å². The average Bonchev–Trinajstić information content (AvgIpc) is 2.52. The Morgan fingerprint density at radius 3 is 2.00 bits per heavy atom. The summed E-state index contributed by atoms with van der Waals surface area (Å²) in [6, 6.07) is 0.149. The molecule has 0 fully saturated rings. The predicted octanol–water partition coefficient (Wildman–Crippen LogP) is 1.92. The Morgan fingerprint density at radius 2 is 1.52 bits per heavy atom. The maximum atomic E-state index is 9.13. The van der Waals surface area contributed by atoms with E-state index < -0.39 is 0 Å². The summed E-state index contributed by atoms with van der Waals surface area (Å²) in [6.07, 6.45) is 0.965. The summed E-state index contributed by atoms with van der Waals surface area (Å²) >= 11 is 0. The number of hydrogen-bond acceptors (Lipinski definition) is 6. The molecular formula is C19H41NO5. The van der Waals surface area contributed by atoms with Crippen molar-refractivity contribution in [1.82, 2.24) is 4.90 Å². The molecule has 6 nitrogen and oxygen atoms in total. The number of hydrogen-bond donors (Lipinski definition) is 2. The first kappa shape index (κ1) is 24.8. The number of aliphatic hydroxyl groups is 2. The van der Waals surface area contributed by atoms with Crippen LogP contribution >= 0.6 is 0 Å². The van der Waals surface area contributed by atoms with E-state index in [1.54, 1.807) is 7.11 Å². The zero-order valence-corrected chi connectivity index (χ0v) is 17.4. The second-order valence-corrected chi connectivity index (χ2v) is 7.92. The van der Waals surface area contributed by atoms with Crippen LogP contribution in [0.15, 0.2) is 0 Å². The lowest BCUT2D eigenvalue weighted by Gasteiger charge is -2.43. The molecule has 2 N–H and O–H groups in total. The second kappa shape index (κ2) is 12.2. The van der Waals surface area contributed by atoms with Gasteiger partial charge in [0.1, 0.15) is 0 Å². The van der Waals surface area contributed by atoms with E-state index in [9.17, 15) is 0 Å². The molecule has 0 radical (unpaired) electrons. The van der Waals surface area contributed by atoms with Crippen molar-refractivity contribution in [3.63, 3.8) is 0 Å². The number of methoxy groups -OCH3 is 1. The molecule has 2 unspecified atom stereocenters. The van der Waals surface area contributed by atoms with Crippen LogP contribution in [0, 0.1) is 5.41 Å². The first-order valence-electron chi connectivity index (χ1n) is 9.31. The first-order chi connectivity index (χ1) is 11.6. The molecule has 0 aromatic carbocycles. The molecule has 0 amide bonds. The lowest BCUT2D eigenvalue weighted by Crippen LogP contribution is -2.45. The number of rotatable bonds is 15. The third kappa shape index (κ3) is 9.31. The molecule has 152 valence electrons. The molecule has 0 aliphatic carbocycles. The van der Waals surface area contributed by atoms with Crippen LogP contribution in [0.4, 0.5) is 0 Å². The maximum Gasteiger partial charge on any atom is 0.0707 e. The van der Waals surface area contributed by atoms with Crippen LogP contribution in [0.25, 0.3) is 0 Å². The molecule has 0 rings (SSSR count). The fourth-order valence-electron chi connectivity index (χ4n) is 2.82. The lowest BCUT2D eigenvalue weighted by molar-refractivity contribution is -0.125. The largest absolute Gasteiger partial charge is 0.395 e. The Labute approximate surface area is 154 Å². The van der Waals surface area contributed by atoms with E-state index in [1.165, 1.54) is 0 Å². The summed E-state index contributed by atoms with van der Waals surface area (Å²) in [5.41, 5.74) is -0.339. The van der Waals surface area contributed by atoms with Crippen LogP contribution in [-0.4, -0.2) is 86.1 Å². The third-order valence-electron chi connectivity index (χ3n) is 5.20. The summed E-state index contributed by atoms with van der Waals surface area (Å²) < 4.78 is 17.1. The van der Waals surface area contributed by atoms with Gasteiger partial charge >= 0.3 is 0 Å². The number of aliphatic hydroxyl groups excluding tert-OH is 2. The van der Waals surface area contributed by atoms with Gasteiger partial charge in [-0.2, -0.15) is 0 Å². The summed E-state index contributed by atoms with van der Waals surface area (Å²) in [5.74, 6) is 0. The fourth-order valence-corrected chi connectivity index (χ4v) is 2.82. The van der Waals surface area contributed by atoms with Gasteiger partial charge in [-0.25, -0.2) is 0 Å². The van der Waals surface area contributed by atoms with Gasteiger partial charge in [-0.15, -0.1) is 0 Å². The molecule has 25 heavy (non-hydrogen) atoms. The third-order valence-corrected chi connectivity index (χ3v) is 5.20. The van der Waals surface area contributed by atoms with Crippen LogP contribution in [0.5, 0.6) is 0 Å². The van der Waals surface area contributed by atoms with Crippen molar-refractivity contribution in [2.75, 3.05) is 53.2 Å². The smallest absolute Gasteiger partial charge is 0.0707 e. The Morgan fingerprint density at radius 1 is 0.960 bits per heavy atom. The summed E-state index contributed by atoms with van der Waals surface area (Å²) in [6.45, 7) is 15.8. The summed E-state index contributed by atoms with van der Waals surface area (Å²) in [5, 5.41) is 18.3. The van der Waals surface area contributed by atoms with Crippen molar-refractivity contribution in [1.29, 1.82) is 0 Å². The molecule has 0 saturated heterocycles. The molecule has 0 spiro atoms. The highest BCUT2D eigenvalue weighted by molar-refractivity contribution is 4.89. The Bertz CT molecular complexity index is 330. The molecule has 6 heteroatoms. The van der Waals surface area contributed by atoms with Gasteiger partial charge in [0, 0.05) is 26.2 Å².